The molecule has 2 aliphatic rings. The Labute approximate surface area is 498 Å². The summed E-state index contributed by atoms with van der Waals surface area (Å²) < 4.78 is 150. The molecule has 2 aliphatic heterocycles. The molecule has 0 fully saturated rings. The van der Waals surface area contributed by atoms with Crippen molar-refractivity contribution in [2.45, 2.75) is 85.8 Å². The van der Waals surface area contributed by atoms with E-state index in [1.54, 1.807) is 50.3 Å². The van der Waals surface area contributed by atoms with Crippen molar-refractivity contribution in [2.24, 2.45) is 0 Å². The first-order valence-electron chi connectivity index (χ1n) is 27.2. The van der Waals surface area contributed by atoms with Crippen LogP contribution >= 0.6 is 7.92 Å². The zero-order valence-corrected chi connectivity index (χ0v) is 51.5. The molecule has 2 atom stereocenters. The summed E-state index contributed by atoms with van der Waals surface area (Å²) in [5, 5.41) is 8.28. The van der Waals surface area contributed by atoms with Crippen LogP contribution in [0, 0.1) is 0 Å². The quantitative estimate of drug-likeness (QED) is 0.00993. The highest BCUT2D eigenvalue weighted by molar-refractivity contribution is 7.86. The van der Waals surface area contributed by atoms with E-state index in [9.17, 15) is 66.3 Å². The Balaban J connectivity index is 1.10. The van der Waals surface area contributed by atoms with E-state index in [4.69, 9.17) is 9.47 Å². The minimum absolute atomic E-state index is 0.0582. The lowest BCUT2D eigenvalue weighted by molar-refractivity contribution is -0.438. The van der Waals surface area contributed by atoms with Crippen molar-refractivity contribution in [3.05, 3.63) is 161 Å². The molecule has 0 spiro atoms. The van der Waals surface area contributed by atoms with Crippen LogP contribution in [-0.2, 0) is 65.6 Å². The van der Waals surface area contributed by atoms with Crippen molar-refractivity contribution in [3.8, 4) is 0 Å². The van der Waals surface area contributed by atoms with Crippen LogP contribution in [0.2, 0.25) is 0 Å². The summed E-state index contributed by atoms with van der Waals surface area (Å²) in [6, 6.07) is 32.4. The monoisotopic (exact) mass is 1270 g/mol. The van der Waals surface area contributed by atoms with E-state index in [2.05, 4.69) is 10.6 Å². The Morgan fingerprint density at radius 2 is 1.24 bits per heavy atom. The van der Waals surface area contributed by atoms with E-state index >= 15 is 0 Å². The predicted octanol–water partition coefficient (Wildman–Crippen LogP) is 6.39. The molecule has 26 heteroatoms. The van der Waals surface area contributed by atoms with Gasteiger partial charge in [-0.25, -0.2) is 4.79 Å². The van der Waals surface area contributed by atoms with Crippen LogP contribution in [0.5, 0.6) is 0 Å². The number of amides is 2. The molecular weight excluding hydrogens is 1200 g/mol. The van der Waals surface area contributed by atoms with Gasteiger partial charge < -0.3 is 25.0 Å². The second-order valence-corrected chi connectivity index (χ2v) is 29.2. The molecule has 5 aromatic carbocycles. The number of unbranched alkanes of at least 4 members (excludes halogenated alkanes) is 2. The first-order chi connectivity index (χ1) is 40.1. The van der Waals surface area contributed by atoms with Crippen molar-refractivity contribution in [3.63, 3.8) is 0 Å². The van der Waals surface area contributed by atoms with Gasteiger partial charge in [-0.1, -0.05) is 66.7 Å². The van der Waals surface area contributed by atoms with Crippen molar-refractivity contribution < 1.29 is 80.3 Å². The maximum Gasteiger partial charge on any atom is 0.338 e. The maximum atomic E-state index is 13.6. The number of hydrogen-bond acceptors (Lipinski definition) is 14. The van der Waals surface area contributed by atoms with Gasteiger partial charge in [0.25, 0.3) is 46.4 Å². The number of fused-ring (bicyclic) bond motifs is 2. The first kappa shape index (κ1) is 66.0. The van der Waals surface area contributed by atoms with Crippen LogP contribution in [-0.4, -0.2) is 138 Å². The third-order valence-corrected chi connectivity index (χ3v) is 20.9. The number of hydrogen-bond donors (Lipinski definition) is 6. The number of carbonyl (C=O) groups is 3. The number of carbonyl (C=O) groups excluding carboxylic acids is 3. The zero-order chi connectivity index (χ0) is 62.0. The standard InChI is InChI=1S/C59H69N4O17PS4/c1-58(30-15-37-82(67,68)69)48-40-45(84(73,74)75)25-28-50(48)62(53(58)21-14-22-54-59(2,31-16-38-83(70,71)72)49-41-46(85(76,77)78)26-29-51(49)63(54)35-36-79-3)34-13-7-12-23-55(64)60-32-33-61-56(65)42-24-27-47(57(66)80-4)52(39-42)81(43-17-8-5-9-18-43)44-19-10-6-11-20-44/h5-6,8-11,14,17-22,24-29,39-41H,7,12-13,15-16,23,30-38H2,1-4H3,(H5-,60,61,64,65,67,68,69,70,71,72,73,74,75,76,77,78)/p+1. The molecular formula is C59H70N4O17PS4+. The number of nitrogens with one attached hydrogen (secondary N) is 2. The molecule has 5 aromatic rings. The second-order valence-electron chi connectivity index (χ2n) is 21.0. The molecule has 2 unspecified atom stereocenters. The van der Waals surface area contributed by atoms with Crippen LogP contribution in [0.1, 0.15) is 97.1 Å². The molecule has 2 amide bonds. The Hall–Kier alpha value is -6.51. The predicted molar refractivity (Wildman–Crippen MR) is 325 cm³/mol. The van der Waals surface area contributed by atoms with Crippen LogP contribution in [0.3, 0.4) is 0 Å². The van der Waals surface area contributed by atoms with Gasteiger partial charge in [-0.3, -0.25) is 27.8 Å². The maximum absolute atomic E-state index is 13.6. The highest BCUT2D eigenvalue weighted by atomic mass is 32.2. The van der Waals surface area contributed by atoms with Crippen LogP contribution in [0.25, 0.3) is 0 Å². The molecule has 456 valence electrons. The molecule has 0 saturated heterocycles. The molecule has 2 heterocycles. The van der Waals surface area contributed by atoms with E-state index in [1.807, 2.05) is 70.1 Å². The van der Waals surface area contributed by atoms with Gasteiger partial charge in [-0.2, -0.15) is 38.2 Å². The summed E-state index contributed by atoms with van der Waals surface area (Å²) in [5.41, 5.74) is 1.44. The van der Waals surface area contributed by atoms with E-state index in [0.717, 1.165) is 10.6 Å². The number of allylic oxidation sites excluding steroid dienone is 4. The fourth-order valence-electron chi connectivity index (χ4n) is 11.0. The topological polar surface area (TPSA) is 317 Å². The van der Waals surface area contributed by atoms with E-state index < -0.39 is 92.4 Å². The first-order valence-corrected chi connectivity index (χ1v) is 34.7. The number of ether oxygens (including phenoxy) is 2. The number of methoxy groups -OCH3 is 2. The molecule has 85 heavy (non-hydrogen) atoms. The molecule has 0 aromatic heterocycles. The highest BCUT2D eigenvalue weighted by Gasteiger charge is 2.49. The number of rotatable bonds is 29. The third-order valence-electron chi connectivity index (χ3n) is 15.2. The summed E-state index contributed by atoms with van der Waals surface area (Å²) >= 11 is 0. The van der Waals surface area contributed by atoms with Crippen molar-refractivity contribution >= 4 is 99.2 Å². The van der Waals surface area contributed by atoms with Gasteiger partial charge in [0, 0.05) is 85.0 Å². The van der Waals surface area contributed by atoms with Crippen LogP contribution < -0.4 is 31.4 Å². The lowest BCUT2D eigenvalue weighted by atomic mass is 9.75. The molecule has 0 bridgehead atoms. The van der Waals surface area contributed by atoms with Gasteiger partial charge in [0.1, 0.15) is 6.54 Å². The third kappa shape index (κ3) is 16.5. The molecule has 21 nitrogen and oxygen atoms in total. The van der Waals surface area contributed by atoms with Gasteiger partial charge in [0.05, 0.1) is 46.0 Å². The Bertz CT molecular complexity index is 3820. The normalized spacial score (nSPS) is 17.6. The summed E-state index contributed by atoms with van der Waals surface area (Å²) in [5.74, 6) is -2.43. The van der Waals surface area contributed by atoms with Gasteiger partial charge in [0.2, 0.25) is 11.6 Å². The second kappa shape index (κ2) is 27.9. The number of nitrogens with zero attached hydrogens (tertiary/aromatic N) is 2. The zero-order valence-electron chi connectivity index (χ0n) is 47.4. The average Bonchev–Trinajstić information content (AvgIpc) is 1.66. The lowest BCUT2D eigenvalue weighted by Crippen LogP contribution is -2.35. The summed E-state index contributed by atoms with van der Waals surface area (Å²) in [7, 11) is -16.8. The van der Waals surface area contributed by atoms with Crippen LogP contribution in [0.4, 0.5) is 11.4 Å². The molecule has 0 saturated carbocycles. The SMILES string of the molecule is COCCN1C(=CC=CC2=[N+](CCCCCC(=O)NCCNC(=O)c3ccc(C(=O)OC)c(P(c4ccccc4)c4ccccc4)c3)c3ccc(S(=O)(=O)O)cc3C2(C)CCCS(=O)(=O)O)C(C)(CCCS(=O)(=O)O)c2cc(S(=O)(=O)O)ccc21. The van der Waals surface area contributed by atoms with Gasteiger partial charge in [0.15, 0.2) is 5.71 Å². The van der Waals surface area contributed by atoms with Crippen LogP contribution in [0.15, 0.2) is 149 Å². The number of esters is 1. The smallest absolute Gasteiger partial charge is 0.338 e. The Morgan fingerprint density at radius 3 is 1.81 bits per heavy atom. The molecule has 6 N–H and O–H groups in total. The van der Waals surface area contributed by atoms with Crippen molar-refractivity contribution in [1.82, 2.24) is 10.6 Å². The molecule has 0 radical (unpaired) electrons. The van der Waals surface area contributed by atoms with Crippen molar-refractivity contribution in [1.29, 1.82) is 0 Å². The fraction of sp³-hybridized carbons (Fsp3) is 0.356. The average molecular weight is 1270 g/mol. The van der Waals surface area contributed by atoms with Gasteiger partial charge in [-0.15, -0.1) is 0 Å². The fourth-order valence-corrected chi connectivity index (χ4v) is 15.5. The summed E-state index contributed by atoms with van der Waals surface area (Å²) in [4.78, 5) is 40.9. The molecule has 7 rings (SSSR count). The van der Waals surface area contributed by atoms with E-state index in [-0.39, 0.29) is 64.3 Å². The largest absolute Gasteiger partial charge is 0.465 e. The Kier molecular flexibility index (Phi) is 21.7. The Morgan fingerprint density at radius 1 is 0.659 bits per heavy atom. The molecule has 0 aliphatic carbocycles. The number of anilines is 1. The van der Waals surface area contributed by atoms with Crippen molar-refractivity contribution in [2.75, 3.05) is 63.4 Å². The number of benzene rings is 5. The highest BCUT2D eigenvalue weighted by Crippen LogP contribution is 2.51. The lowest BCUT2D eigenvalue weighted by Gasteiger charge is -2.30. The summed E-state index contributed by atoms with van der Waals surface area (Å²) in [6.45, 7) is 4.50. The minimum atomic E-state index is -4.73. The summed E-state index contributed by atoms with van der Waals surface area (Å²) in [6.07, 6.45) is 6.79. The van der Waals surface area contributed by atoms with E-state index in [1.165, 1.54) is 50.6 Å². The van der Waals surface area contributed by atoms with E-state index in [0.29, 0.717) is 76.1 Å². The van der Waals surface area contributed by atoms with Gasteiger partial charge in [-0.05, 0) is 131 Å². The minimum Gasteiger partial charge on any atom is -0.465 e. The van der Waals surface area contributed by atoms with Gasteiger partial charge >= 0.3 is 5.97 Å².